The number of aromatic nitrogens is 1. The zero-order valence-corrected chi connectivity index (χ0v) is 12.5. The molecule has 1 N–H and O–H groups in total. The summed E-state index contributed by atoms with van der Waals surface area (Å²) < 4.78 is 5.21. The molecule has 0 bridgehead atoms. The number of rotatable bonds is 8. The molecule has 0 aliphatic rings. The molecule has 4 heteroatoms. The van der Waals surface area contributed by atoms with Crippen LogP contribution in [0.15, 0.2) is 12.3 Å². The first-order valence-electron chi connectivity index (χ1n) is 6.99. The van der Waals surface area contributed by atoms with E-state index < -0.39 is 0 Å². The number of aryl methyl sites for hydroxylation is 1. The van der Waals surface area contributed by atoms with Gasteiger partial charge in [-0.3, -0.25) is 0 Å². The monoisotopic (exact) mass is 266 g/mol. The van der Waals surface area contributed by atoms with Crippen LogP contribution in [0.25, 0.3) is 0 Å². The smallest absolute Gasteiger partial charge is 0.131 e. The third kappa shape index (κ3) is 4.18. The van der Waals surface area contributed by atoms with E-state index in [4.69, 9.17) is 9.84 Å². The Balaban J connectivity index is 3.01. The van der Waals surface area contributed by atoms with Gasteiger partial charge in [0.15, 0.2) is 0 Å². The van der Waals surface area contributed by atoms with Crippen molar-refractivity contribution in [1.29, 1.82) is 0 Å². The minimum absolute atomic E-state index is 0.0389. The second-order valence-electron chi connectivity index (χ2n) is 4.80. The molecule has 0 radical (unpaired) electrons. The van der Waals surface area contributed by atoms with Crippen LogP contribution in [0, 0.1) is 6.92 Å². The zero-order chi connectivity index (χ0) is 14.3. The van der Waals surface area contributed by atoms with Gasteiger partial charge in [0.2, 0.25) is 0 Å². The molecule has 4 nitrogen and oxygen atoms in total. The molecule has 108 valence electrons. The molecule has 0 saturated heterocycles. The number of hydrogen-bond acceptors (Lipinski definition) is 4. The number of hydrogen-bond donors (Lipinski definition) is 1. The Morgan fingerprint density at radius 2 is 2.05 bits per heavy atom. The largest absolute Gasteiger partial charge is 0.392 e. The lowest BCUT2D eigenvalue weighted by Crippen LogP contribution is -2.38. The number of aliphatic hydroxyl groups excluding tert-OH is 1. The van der Waals surface area contributed by atoms with Gasteiger partial charge < -0.3 is 14.7 Å². The maximum absolute atomic E-state index is 9.16. The van der Waals surface area contributed by atoms with E-state index >= 15 is 0 Å². The third-order valence-corrected chi connectivity index (χ3v) is 3.48. The zero-order valence-electron chi connectivity index (χ0n) is 12.5. The Bertz CT molecular complexity index is 378. The summed E-state index contributed by atoms with van der Waals surface area (Å²) in [5, 5.41) is 9.16. The lowest BCUT2D eigenvalue weighted by atomic mass is 10.1. The van der Waals surface area contributed by atoms with Crippen molar-refractivity contribution in [2.45, 2.75) is 46.3 Å². The van der Waals surface area contributed by atoms with Crippen molar-refractivity contribution < 1.29 is 9.84 Å². The molecule has 1 aromatic heterocycles. The third-order valence-electron chi connectivity index (χ3n) is 3.48. The van der Waals surface area contributed by atoms with Crippen molar-refractivity contribution in [3.8, 4) is 0 Å². The van der Waals surface area contributed by atoms with Gasteiger partial charge in [0.1, 0.15) is 5.82 Å². The summed E-state index contributed by atoms with van der Waals surface area (Å²) in [5.74, 6) is 1.00. The summed E-state index contributed by atoms with van der Waals surface area (Å²) >= 11 is 0. The van der Waals surface area contributed by atoms with Crippen LogP contribution in [-0.2, 0) is 11.3 Å². The van der Waals surface area contributed by atoms with Crippen LogP contribution < -0.4 is 4.90 Å². The summed E-state index contributed by atoms with van der Waals surface area (Å²) in [6.45, 7) is 8.02. The number of methoxy groups -OCH3 is 1. The van der Waals surface area contributed by atoms with Gasteiger partial charge in [-0.15, -0.1) is 0 Å². The molecule has 0 saturated carbocycles. The molecule has 0 atom stereocenters. The van der Waals surface area contributed by atoms with Gasteiger partial charge in [-0.25, -0.2) is 4.98 Å². The van der Waals surface area contributed by atoms with Crippen molar-refractivity contribution in [3.63, 3.8) is 0 Å². The van der Waals surface area contributed by atoms with Crippen molar-refractivity contribution in [3.05, 3.63) is 23.4 Å². The predicted octanol–water partition coefficient (Wildman–Crippen LogP) is 2.52. The number of aliphatic hydroxyl groups is 1. The lowest BCUT2D eigenvalue weighted by Gasteiger charge is -2.32. The molecular weight excluding hydrogens is 240 g/mol. The predicted molar refractivity (Wildman–Crippen MR) is 78.5 cm³/mol. The molecule has 0 fully saturated rings. The van der Waals surface area contributed by atoms with E-state index in [0.29, 0.717) is 12.6 Å². The van der Waals surface area contributed by atoms with Crippen LogP contribution >= 0.6 is 0 Å². The van der Waals surface area contributed by atoms with Gasteiger partial charge >= 0.3 is 0 Å². The molecule has 1 heterocycles. The minimum Gasteiger partial charge on any atom is -0.392 e. The van der Waals surface area contributed by atoms with E-state index in [2.05, 4.69) is 23.7 Å². The fourth-order valence-electron chi connectivity index (χ4n) is 2.39. The maximum atomic E-state index is 9.16. The number of nitrogens with zero attached hydrogens (tertiary/aromatic N) is 2. The molecule has 0 aliphatic carbocycles. The van der Waals surface area contributed by atoms with Crippen LogP contribution in [0.5, 0.6) is 0 Å². The molecule has 19 heavy (non-hydrogen) atoms. The highest BCUT2D eigenvalue weighted by Gasteiger charge is 2.18. The molecule has 0 spiro atoms. The first-order chi connectivity index (χ1) is 9.17. The molecule has 0 amide bonds. The topological polar surface area (TPSA) is 45.6 Å². The number of ether oxygens (including phenoxy) is 1. The normalized spacial score (nSPS) is 11.1. The molecular formula is C15H26N2O2. The Labute approximate surface area is 116 Å². The van der Waals surface area contributed by atoms with Crippen LogP contribution in [-0.4, -0.2) is 36.4 Å². The second kappa shape index (κ2) is 8.12. The molecule has 0 aliphatic heterocycles. The SMILES string of the molecule is CCC(CC)N(CCOC)c1ncc(CO)cc1C. The Hall–Kier alpha value is -1.13. The minimum atomic E-state index is 0.0389. The van der Waals surface area contributed by atoms with Crippen LogP contribution in [0.4, 0.5) is 5.82 Å². The lowest BCUT2D eigenvalue weighted by molar-refractivity contribution is 0.202. The van der Waals surface area contributed by atoms with Gasteiger partial charge in [-0.05, 0) is 37.0 Å². The van der Waals surface area contributed by atoms with E-state index in [9.17, 15) is 0 Å². The first kappa shape index (κ1) is 15.9. The van der Waals surface area contributed by atoms with E-state index in [1.807, 2.05) is 13.0 Å². The van der Waals surface area contributed by atoms with Crippen molar-refractivity contribution in [2.24, 2.45) is 0 Å². The Kier molecular flexibility index (Phi) is 6.81. The maximum Gasteiger partial charge on any atom is 0.131 e. The van der Waals surface area contributed by atoms with Crippen molar-refractivity contribution >= 4 is 5.82 Å². The van der Waals surface area contributed by atoms with Crippen molar-refractivity contribution in [1.82, 2.24) is 4.98 Å². The summed E-state index contributed by atoms with van der Waals surface area (Å²) in [4.78, 5) is 6.85. The van der Waals surface area contributed by atoms with Gasteiger partial charge in [0.25, 0.3) is 0 Å². The van der Waals surface area contributed by atoms with Crippen LogP contribution in [0.2, 0.25) is 0 Å². The quantitative estimate of drug-likeness (QED) is 0.785. The molecule has 1 rings (SSSR count). The number of anilines is 1. The Morgan fingerprint density at radius 1 is 1.37 bits per heavy atom. The van der Waals surface area contributed by atoms with E-state index in [1.54, 1.807) is 13.3 Å². The number of pyridine rings is 1. The van der Waals surface area contributed by atoms with Crippen molar-refractivity contribution in [2.75, 3.05) is 25.2 Å². The van der Waals surface area contributed by atoms with Gasteiger partial charge in [0.05, 0.1) is 13.2 Å². The summed E-state index contributed by atoms with van der Waals surface area (Å²) in [7, 11) is 1.72. The first-order valence-corrected chi connectivity index (χ1v) is 6.99. The highest BCUT2D eigenvalue weighted by atomic mass is 16.5. The summed E-state index contributed by atoms with van der Waals surface area (Å²) in [5.41, 5.74) is 1.96. The fraction of sp³-hybridized carbons (Fsp3) is 0.667. The second-order valence-corrected chi connectivity index (χ2v) is 4.80. The average Bonchev–Trinajstić information content (AvgIpc) is 2.44. The molecule has 0 aromatic carbocycles. The van der Waals surface area contributed by atoms with Gasteiger partial charge in [-0.1, -0.05) is 13.8 Å². The van der Waals surface area contributed by atoms with E-state index in [0.717, 1.165) is 36.3 Å². The fourth-order valence-corrected chi connectivity index (χ4v) is 2.39. The average molecular weight is 266 g/mol. The highest BCUT2D eigenvalue weighted by Crippen LogP contribution is 2.22. The highest BCUT2D eigenvalue weighted by molar-refractivity contribution is 5.48. The van der Waals surface area contributed by atoms with E-state index in [-0.39, 0.29) is 6.61 Å². The molecule has 1 aromatic rings. The van der Waals surface area contributed by atoms with Gasteiger partial charge in [-0.2, -0.15) is 0 Å². The van der Waals surface area contributed by atoms with Gasteiger partial charge in [0, 0.05) is 25.9 Å². The molecule has 0 unspecified atom stereocenters. The summed E-state index contributed by atoms with van der Waals surface area (Å²) in [6, 6.07) is 2.48. The summed E-state index contributed by atoms with van der Waals surface area (Å²) in [6.07, 6.45) is 3.93. The van der Waals surface area contributed by atoms with Crippen LogP contribution in [0.3, 0.4) is 0 Å². The van der Waals surface area contributed by atoms with E-state index in [1.165, 1.54) is 0 Å². The van der Waals surface area contributed by atoms with Crippen LogP contribution in [0.1, 0.15) is 37.8 Å². The Morgan fingerprint density at radius 3 is 2.53 bits per heavy atom. The standard InChI is InChI=1S/C15H26N2O2/c1-5-14(6-2)17(7-8-19-4)15-12(3)9-13(11-18)10-16-15/h9-10,14,18H,5-8,11H2,1-4H3.